The van der Waals surface area contributed by atoms with Gasteiger partial charge >= 0.3 is 24.3 Å². The predicted octanol–water partition coefficient (Wildman–Crippen LogP) is 3.64. The van der Waals surface area contributed by atoms with Crippen LogP contribution in [-0.4, -0.2) is 97.0 Å². The first-order valence-electron chi connectivity index (χ1n) is 12.4. The maximum absolute atomic E-state index is 10.6. The van der Waals surface area contributed by atoms with Crippen LogP contribution in [0.1, 0.15) is 23.0 Å². The summed E-state index contributed by atoms with van der Waals surface area (Å²) in [6, 6.07) is 6.28. The molecule has 4 rings (SSSR count). The van der Waals surface area contributed by atoms with Crippen molar-refractivity contribution in [3.05, 3.63) is 53.7 Å². The summed E-state index contributed by atoms with van der Waals surface area (Å²) in [4.78, 5) is 33.6. The number of ether oxygens (including phenoxy) is 1. The van der Waals surface area contributed by atoms with Gasteiger partial charge in [0.15, 0.2) is 0 Å². The number of aliphatic carboxylic acids is 2. The van der Waals surface area contributed by atoms with Gasteiger partial charge < -0.3 is 20.3 Å². The standard InChI is InChI=1S/C21H27N7O.2C2HF3O2/c1-15-20(16(2)27(3)26-15)18-6-9-23-21(25-18)24-14-19(17-4-7-22-8-5-17)28-10-12-29-13-11-28;2*3-2(4,5)1(6)7/h4-9,19H,10-14H2,1-3H3,(H,23,24,25);2*(H,6,7). The number of hydrogen-bond acceptors (Lipinski definition) is 9. The van der Waals surface area contributed by atoms with Crippen LogP contribution in [0.25, 0.3) is 11.3 Å². The average Bonchev–Trinajstić information content (AvgIpc) is 3.20. The van der Waals surface area contributed by atoms with Crippen LogP contribution >= 0.6 is 0 Å². The lowest BCUT2D eigenvalue weighted by Gasteiger charge is -2.34. The normalized spacial score (nSPS) is 14.4. The molecule has 1 saturated heterocycles. The molecule has 3 aromatic rings. The van der Waals surface area contributed by atoms with Gasteiger partial charge in [-0.25, -0.2) is 19.6 Å². The molecular formula is C25H29F6N7O5. The molecule has 43 heavy (non-hydrogen) atoms. The number of carboxylic acid groups (broad SMARTS) is 2. The van der Waals surface area contributed by atoms with E-state index in [1.165, 1.54) is 5.56 Å². The highest BCUT2D eigenvalue weighted by Crippen LogP contribution is 2.26. The fourth-order valence-electron chi connectivity index (χ4n) is 3.85. The summed E-state index contributed by atoms with van der Waals surface area (Å²) in [5, 5.41) is 22.2. The molecule has 0 aliphatic carbocycles. The Morgan fingerprint density at radius 3 is 1.98 bits per heavy atom. The van der Waals surface area contributed by atoms with Crippen molar-refractivity contribution in [1.29, 1.82) is 0 Å². The van der Waals surface area contributed by atoms with Gasteiger partial charge in [0, 0.05) is 56.5 Å². The second-order valence-electron chi connectivity index (χ2n) is 8.87. The second-order valence-corrected chi connectivity index (χ2v) is 8.87. The number of pyridine rings is 1. The molecule has 1 aliphatic rings. The molecule has 1 aliphatic heterocycles. The molecule has 0 spiro atoms. The molecule has 1 fully saturated rings. The number of carbonyl (C=O) groups is 2. The first-order valence-corrected chi connectivity index (χ1v) is 12.4. The Morgan fingerprint density at radius 1 is 0.977 bits per heavy atom. The summed E-state index contributed by atoms with van der Waals surface area (Å²) < 4.78 is 70.9. The largest absolute Gasteiger partial charge is 0.490 e. The smallest absolute Gasteiger partial charge is 0.475 e. The van der Waals surface area contributed by atoms with Crippen LogP contribution in [0.15, 0.2) is 36.8 Å². The maximum atomic E-state index is 10.6. The van der Waals surface area contributed by atoms with Crippen LogP contribution in [-0.2, 0) is 21.4 Å². The fraction of sp³-hybridized carbons (Fsp3) is 0.440. The van der Waals surface area contributed by atoms with Gasteiger partial charge in [0.25, 0.3) is 0 Å². The van der Waals surface area contributed by atoms with Crippen molar-refractivity contribution in [3.63, 3.8) is 0 Å². The van der Waals surface area contributed by atoms with Crippen LogP contribution in [0.3, 0.4) is 0 Å². The molecule has 3 aromatic heterocycles. The van der Waals surface area contributed by atoms with Gasteiger partial charge in [-0.15, -0.1) is 0 Å². The molecule has 0 bridgehead atoms. The van der Waals surface area contributed by atoms with E-state index < -0.39 is 24.3 Å². The Bertz CT molecular complexity index is 1320. The van der Waals surface area contributed by atoms with E-state index in [9.17, 15) is 26.3 Å². The number of nitrogens with one attached hydrogen (secondary N) is 1. The second kappa shape index (κ2) is 15.2. The van der Waals surface area contributed by atoms with Gasteiger partial charge in [0.05, 0.1) is 30.6 Å². The number of hydrogen-bond donors (Lipinski definition) is 3. The lowest BCUT2D eigenvalue weighted by Crippen LogP contribution is -2.41. The summed E-state index contributed by atoms with van der Waals surface area (Å²) in [7, 11) is 1.95. The van der Waals surface area contributed by atoms with Crippen LogP contribution in [0.2, 0.25) is 0 Å². The molecule has 0 amide bonds. The molecule has 0 aromatic carbocycles. The Kier molecular flexibility index (Phi) is 12.4. The average molecular weight is 622 g/mol. The first kappa shape index (κ1) is 34.9. The van der Waals surface area contributed by atoms with Crippen LogP contribution < -0.4 is 5.32 Å². The van der Waals surface area contributed by atoms with E-state index in [0.29, 0.717) is 12.5 Å². The minimum atomic E-state index is -5.08. The minimum absolute atomic E-state index is 0.205. The van der Waals surface area contributed by atoms with Crippen molar-refractivity contribution in [2.45, 2.75) is 32.2 Å². The lowest BCUT2D eigenvalue weighted by atomic mass is 10.1. The third kappa shape index (κ3) is 10.8. The van der Waals surface area contributed by atoms with Gasteiger partial charge in [-0.2, -0.15) is 31.4 Å². The zero-order valence-electron chi connectivity index (χ0n) is 23.1. The molecule has 3 N–H and O–H groups in total. The predicted molar refractivity (Wildman–Crippen MR) is 139 cm³/mol. The number of anilines is 1. The van der Waals surface area contributed by atoms with Crippen molar-refractivity contribution in [1.82, 2.24) is 29.6 Å². The van der Waals surface area contributed by atoms with Crippen molar-refractivity contribution in [3.8, 4) is 11.3 Å². The molecule has 1 unspecified atom stereocenters. The first-order chi connectivity index (χ1) is 20.0. The molecule has 18 heteroatoms. The molecule has 0 saturated carbocycles. The summed E-state index contributed by atoms with van der Waals surface area (Å²) in [6.45, 7) is 8.10. The molecule has 4 heterocycles. The highest BCUT2D eigenvalue weighted by atomic mass is 19.4. The zero-order valence-corrected chi connectivity index (χ0v) is 23.1. The van der Waals surface area contributed by atoms with Crippen molar-refractivity contribution < 1.29 is 50.9 Å². The summed E-state index contributed by atoms with van der Waals surface area (Å²) >= 11 is 0. The highest BCUT2D eigenvalue weighted by molar-refractivity contribution is 5.73. The van der Waals surface area contributed by atoms with E-state index in [-0.39, 0.29) is 6.04 Å². The quantitative estimate of drug-likeness (QED) is 0.346. The van der Waals surface area contributed by atoms with Gasteiger partial charge in [-0.1, -0.05) is 0 Å². The van der Waals surface area contributed by atoms with E-state index in [1.807, 2.05) is 37.1 Å². The minimum Gasteiger partial charge on any atom is -0.475 e. The Balaban J connectivity index is 0.000000384. The molecule has 0 radical (unpaired) electrons. The summed E-state index contributed by atoms with van der Waals surface area (Å²) in [5.41, 5.74) is 5.24. The monoisotopic (exact) mass is 621 g/mol. The third-order valence-corrected chi connectivity index (χ3v) is 5.94. The number of carboxylic acids is 2. The van der Waals surface area contributed by atoms with Crippen molar-refractivity contribution in [2.75, 3.05) is 38.2 Å². The van der Waals surface area contributed by atoms with Gasteiger partial charge in [-0.05, 0) is 37.6 Å². The number of alkyl halides is 6. The summed E-state index contributed by atoms with van der Waals surface area (Å²) in [6.07, 6.45) is -4.69. The van der Waals surface area contributed by atoms with Gasteiger partial charge in [0.2, 0.25) is 5.95 Å². The number of aryl methyl sites for hydroxylation is 2. The number of aromatic nitrogens is 5. The van der Waals surface area contributed by atoms with Gasteiger partial charge in [0.1, 0.15) is 0 Å². The van der Waals surface area contributed by atoms with Gasteiger partial charge in [-0.3, -0.25) is 14.6 Å². The molecular weight excluding hydrogens is 592 g/mol. The fourth-order valence-corrected chi connectivity index (χ4v) is 3.85. The molecule has 12 nitrogen and oxygen atoms in total. The van der Waals surface area contributed by atoms with Crippen LogP contribution in [0.4, 0.5) is 32.3 Å². The third-order valence-electron chi connectivity index (χ3n) is 5.94. The lowest BCUT2D eigenvalue weighted by molar-refractivity contribution is -0.193. The molecule has 236 valence electrons. The van der Waals surface area contributed by atoms with Crippen molar-refractivity contribution >= 4 is 17.9 Å². The topological polar surface area (TPSA) is 156 Å². The number of nitrogens with zero attached hydrogens (tertiary/aromatic N) is 6. The van der Waals surface area contributed by atoms with Crippen molar-refractivity contribution in [2.24, 2.45) is 7.05 Å². The number of morpholine rings is 1. The van der Waals surface area contributed by atoms with E-state index in [4.69, 9.17) is 29.5 Å². The van der Waals surface area contributed by atoms with Crippen LogP contribution in [0.5, 0.6) is 0 Å². The number of halogens is 6. The zero-order chi connectivity index (χ0) is 32.4. The van der Waals surface area contributed by atoms with E-state index >= 15 is 0 Å². The molecule has 1 atom stereocenters. The SMILES string of the molecule is Cc1nn(C)c(C)c1-c1ccnc(NCC(c2ccncc2)N2CCOCC2)n1.O=C(O)C(F)(F)F.O=C(O)C(F)(F)F. The highest BCUT2D eigenvalue weighted by Gasteiger charge is 2.38. The Morgan fingerprint density at radius 2 is 1.51 bits per heavy atom. The maximum Gasteiger partial charge on any atom is 0.490 e. The van der Waals surface area contributed by atoms with E-state index in [2.05, 4.69) is 44.3 Å². The number of rotatable bonds is 6. The summed E-state index contributed by atoms with van der Waals surface area (Å²) in [5.74, 6) is -4.89. The van der Waals surface area contributed by atoms with E-state index in [1.54, 1.807) is 6.20 Å². The van der Waals surface area contributed by atoms with E-state index in [0.717, 1.165) is 48.9 Å². The Hall–Kier alpha value is -4.32. The van der Waals surface area contributed by atoms with Crippen LogP contribution in [0, 0.1) is 13.8 Å². The Labute approximate surface area is 241 Å².